The number of aromatic nitrogens is 2. The van der Waals surface area contributed by atoms with Crippen LogP contribution in [0.1, 0.15) is 32.4 Å². The van der Waals surface area contributed by atoms with Crippen molar-refractivity contribution in [1.29, 1.82) is 0 Å². The first-order valence-electron chi connectivity index (χ1n) is 5.99. The minimum atomic E-state index is 0.701. The summed E-state index contributed by atoms with van der Waals surface area (Å²) in [4.78, 5) is 11.1. The Morgan fingerprint density at radius 2 is 1.81 bits per heavy atom. The number of hydrogen-bond acceptors (Lipinski definition) is 4. The standard InChI is InChI=1S/C12H22N4/c1-5-7-16(8-6-2)11-9-10(3)14-12(13-4)15-11/h9H,5-8H2,1-4H3,(H,13,14,15). The second-order valence-corrected chi connectivity index (χ2v) is 3.93. The molecule has 0 fully saturated rings. The van der Waals surface area contributed by atoms with Crippen LogP contribution in [0.2, 0.25) is 0 Å². The smallest absolute Gasteiger partial charge is 0.224 e. The van der Waals surface area contributed by atoms with Gasteiger partial charge in [-0.05, 0) is 19.8 Å². The monoisotopic (exact) mass is 222 g/mol. The molecule has 0 atom stereocenters. The average Bonchev–Trinajstić information content (AvgIpc) is 2.28. The first-order valence-corrected chi connectivity index (χ1v) is 5.99. The van der Waals surface area contributed by atoms with Crippen molar-refractivity contribution in [1.82, 2.24) is 9.97 Å². The van der Waals surface area contributed by atoms with E-state index in [1.54, 1.807) is 0 Å². The van der Waals surface area contributed by atoms with Gasteiger partial charge in [-0.2, -0.15) is 4.98 Å². The summed E-state index contributed by atoms with van der Waals surface area (Å²) in [6.45, 7) is 8.48. The lowest BCUT2D eigenvalue weighted by Gasteiger charge is -2.23. The number of hydrogen-bond donors (Lipinski definition) is 1. The molecule has 0 spiro atoms. The van der Waals surface area contributed by atoms with Crippen LogP contribution in [0, 0.1) is 6.92 Å². The molecule has 1 N–H and O–H groups in total. The topological polar surface area (TPSA) is 41.1 Å². The zero-order chi connectivity index (χ0) is 12.0. The molecule has 4 heteroatoms. The Labute approximate surface area is 98.1 Å². The maximum Gasteiger partial charge on any atom is 0.224 e. The molecule has 0 aromatic carbocycles. The Balaban J connectivity index is 2.93. The molecule has 0 amide bonds. The molecule has 1 heterocycles. The van der Waals surface area contributed by atoms with Crippen molar-refractivity contribution in [2.24, 2.45) is 0 Å². The molecule has 1 aromatic heterocycles. The third kappa shape index (κ3) is 3.36. The largest absolute Gasteiger partial charge is 0.357 e. The minimum absolute atomic E-state index is 0.701. The first-order chi connectivity index (χ1) is 7.71. The van der Waals surface area contributed by atoms with E-state index in [9.17, 15) is 0 Å². The Bertz CT molecular complexity index is 319. The predicted molar refractivity (Wildman–Crippen MR) is 69.1 cm³/mol. The molecule has 1 rings (SSSR count). The zero-order valence-electron chi connectivity index (χ0n) is 10.7. The highest BCUT2D eigenvalue weighted by Gasteiger charge is 2.08. The van der Waals surface area contributed by atoms with Gasteiger partial charge >= 0.3 is 0 Å². The highest BCUT2D eigenvalue weighted by molar-refractivity contribution is 5.44. The third-order valence-corrected chi connectivity index (χ3v) is 2.38. The molecular weight excluding hydrogens is 200 g/mol. The highest BCUT2D eigenvalue weighted by atomic mass is 15.2. The number of nitrogens with zero attached hydrogens (tertiary/aromatic N) is 3. The van der Waals surface area contributed by atoms with Gasteiger partial charge in [0, 0.05) is 31.9 Å². The van der Waals surface area contributed by atoms with Gasteiger partial charge in [0.05, 0.1) is 0 Å². The van der Waals surface area contributed by atoms with Crippen molar-refractivity contribution in [3.05, 3.63) is 11.8 Å². The third-order valence-electron chi connectivity index (χ3n) is 2.38. The molecule has 0 bridgehead atoms. The molecule has 0 aliphatic heterocycles. The Morgan fingerprint density at radius 3 is 2.31 bits per heavy atom. The van der Waals surface area contributed by atoms with Gasteiger partial charge < -0.3 is 10.2 Å². The zero-order valence-corrected chi connectivity index (χ0v) is 10.7. The van der Waals surface area contributed by atoms with E-state index in [1.165, 1.54) is 0 Å². The van der Waals surface area contributed by atoms with Crippen LogP contribution >= 0.6 is 0 Å². The molecule has 0 saturated heterocycles. The van der Waals surface area contributed by atoms with Crippen molar-refractivity contribution in [2.45, 2.75) is 33.6 Å². The molecule has 0 radical (unpaired) electrons. The van der Waals surface area contributed by atoms with E-state index in [-0.39, 0.29) is 0 Å². The van der Waals surface area contributed by atoms with Crippen LogP contribution in [0.5, 0.6) is 0 Å². The van der Waals surface area contributed by atoms with Gasteiger partial charge in [0.2, 0.25) is 5.95 Å². The fourth-order valence-electron chi connectivity index (χ4n) is 1.71. The summed E-state index contributed by atoms with van der Waals surface area (Å²) in [5.74, 6) is 1.73. The van der Waals surface area contributed by atoms with E-state index in [0.717, 1.165) is 37.4 Å². The van der Waals surface area contributed by atoms with Crippen LogP contribution < -0.4 is 10.2 Å². The van der Waals surface area contributed by atoms with E-state index < -0.39 is 0 Å². The predicted octanol–water partition coefficient (Wildman–Crippen LogP) is 2.45. The summed E-state index contributed by atoms with van der Waals surface area (Å²) in [7, 11) is 1.85. The molecule has 90 valence electrons. The molecular formula is C12H22N4. The van der Waals surface area contributed by atoms with E-state index in [2.05, 4.69) is 34.0 Å². The number of rotatable bonds is 6. The van der Waals surface area contributed by atoms with Gasteiger partial charge in [-0.15, -0.1) is 0 Å². The highest BCUT2D eigenvalue weighted by Crippen LogP contribution is 2.15. The summed E-state index contributed by atoms with van der Waals surface area (Å²) in [6, 6.07) is 2.05. The maximum atomic E-state index is 4.49. The summed E-state index contributed by atoms with van der Waals surface area (Å²) in [5, 5.41) is 3.00. The SMILES string of the molecule is CCCN(CCC)c1cc(C)nc(NC)n1. The lowest BCUT2D eigenvalue weighted by molar-refractivity contribution is 0.732. The van der Waals surface area contributed by atoms with Crippen molar-refractivity contribution in [2.75, 3.05) is 30.4 Å². The van der Waals surface area contributed by atoms with Gasteiger partial charge in [-0.1, -0.05) is 13.8 Å². The van der Waals surface area contributed by atoms with E-state index in [4.69, 9.17) is 0 Å². The summed E-state index contributed by atoms with van der Waals surface area (Å²) >= 11 is 0. The lowest BCUT2D eigenvalue weighted by atomic mass is 10.3. The van der Waals surface area contributed by atoms with Crippen molar-refractivity contribution in [3.63, 3.8) is 0 Å². The number of nitrogens with one attached hydrogen (secondary N) is 1. The number of aryl methyl sites for hydroxylation is 1. The van der Waals surface area contributed by atoms with Crippen molar-refractivity contribution < 1.29 is 0 Å². The first kappa shape index (κ1) is 12.7. The van der Waals surface area contributed by atoms with Crippen LogP contribution in [0.3, 0.4) is 0 Å². The average molecular weight is 222 g/mol. The van der Waals surface area contributed by atoms with Gasteiger partial charge in [0.15, 0.2) is 0 Å². The van der Waals surface area contributed by atoms with Crippen LogP contribution in [0.15, 0.2) is 6.07 Å². The molecule has 0 aliphatic rings. The van der Waals surface area contributed by atoms with Crippen LogP contribution in [-0.2, 0) is 0 Å². The Hall–Kier alpha value is -1.32. The normalized spacial score (nSPS) is 10.2. The molecule has 1 aromatic rings. The van der Waals surface area contributed by atoms with Gasteiger partial charge in [-0.3, -0.25) is 0 Å². The Kier molecular flexibility index (Phi) is 5.02. The van der Waals surface area contributed by atoms with Crippen LogP contribution in [0.25, 0.3) is 0 Å². The molecule has 0 saturated carbocycles. The van der Waals surface area contributed by atoms with Crippen molar-refractivity contribution >= 4 is 11.8 Å². The molecule has 0 aliphatic carbocycles. The Morgan fingerprint density at radius 1 is 1.19 bits per heavy atom. The fourth-order valence-corrected chi connectivity index (χ4v) is 1.71. The molecule has 4 nitrogen and oxygen atoms in total. The second kappa shape index (κ2) is 6.30. The number of anilines is 2. The van der Waals surface area contributed by atoms with Gasteiger partial charge in [-0.25, -0.2) is 4.98 Å². The summed E-state index contributed by atoms with van der Waals surface area (Å²) in [5.41, 5.74) is 1.01. The van der Waals surface area contributed by atoms with Crippen LogP contribution in [-0.4, -0.2) is 30.1 Å². The minimum Gasteiger partial charge on any atom is -0.357 e. The van der Waals surface area contributed by atoms with Gasteiger partial charge in [0.25, 0.3) is 0 Å². The maximum absolute atomic E-state index is 4.49. The summed E-state index contributed by atoms with van der Waals surface area (Å²) in [6.07, 6.45) is 2.27. The molecule has 16 heavy (non-hydrogen) atoms. The fraction of sp³-hybridized carbons (Fsp3) is 0.667. The van der Waals surface area contributed by atoms with E-state index >= 15 is 0 Å². The van der Waals surface area contributed by atoms with Crippen LogP contribution in [0.4, 0.5) is 11.8 Å². The molecule has 0 unspecified atom stereocenters. The summed E-state index contributed by atoms with van der Waals surface area (Å²) < 4.78 is 0. The van der Waals surface area contributed by atoms with Gasteiger partial charge in [0.1, 0.15) is 5.82 Å². The quantitative estimate of drug-likeness (QED) is 0.802. The van der Waals surface area contributed by atoms with E-state index in [1.807, 2.05) is 20.0 Å². The lowest BCUT2D eigenvalue weighted by Crippen LogP contribution is -2.26. The van der Waals surface area contributed by atoms with E-state index in [0.29, 0.717) is 5.95 Å². The van der Waals surface area contributed by atoms with Crippen molar-refractivity contribution in [3.8, 4) is 0 Å². The second-order valence-electron chi connectivity index (χ2n) is 3.93.